The fourth-order valence-electron chi connectivity index (χ4n) is 3.34. The Kier molecular flexibility index (Phi) is 9.84. The van der Waals surface area contributed by atoms with Crippen LogP contribution in [0.15, 0.2) is 97.1 Å². The van der Waals surface area contributed by atoms with Crippen LogP contribution in [0.5, 0.6) is 23.0 Å². The van der Waals surface area contributed by atoms with Gasteiger partial charge in [0.1, 0.15) is 23.0 Å². The second kappa shape index (κ2) is 13.7. The molecular formula is C29H26N4O8. The van der Waals surface area contributed by atoms with Gasteiger partial charge in [-0.05, 0) is 48.5 Å². The molecule has 0 aliphatic rings. The van der Waals surface area contributed by atoms with Gasteiger partial charge in [-0.15, -0.1) is 0 Å². The van der Waals surface area contributed by atoms with Gasteiger partial charge in [0, 0.05) is 7.05 Å². The standard InChI is InChI=1S/C15H14N2O4.C14H12N2O4/c1-17(15(21)11-7-3-5-9-13(11)19)16-14(20)10-6-2-4-8-12(10)18;17-11-7-3-1-5-9(11)13(19)15-16-14(20)10-6-2-4-8-12(10)18/h2-9,18-19H,1H3,(H,16,20);1-8,17-18H,(H,15,19)(H,16,20). The zero-order valence-electron chi connectivity index (χ0n) is 21.6. The van der Waals surface area contributed by atoms with Crippen molar-refractivity contribution in [2.45, 2.75) is 0 Å². The molecule has 0 radical (unpaired) electrons. The minimum absolute atomic E-state index is 0.0325. The number of nitrogens with zero attached hydrogens (tertiary/aromatic N) is 1. The number of benzene rings is 4. The lowest BCUT2D eigenvalue weighted by atomic mass is 10.2. The Morgan fingerprint density at radius 3 is 1.12 bits per heavy atom. The number of nitrogens with one attached hydrogen (secondary N) is 3. The molecule has 4 amide bonds. The van der Waals surface area contributed by atoms with E-state index in [1.165, 1.54) is 55.6 Å². The van der Waals surface area contributed by atoms with Crippen LogP contribution < -0.4 is 16.3 Å². The molecule has 0 spiro atoms. The molecule has 4 rings (SSSR count). The lowest BCUT2D eigenvalue weighted by Crippen LogP contribution is -2.43. The molecule has 0 atom stereocenters. The summed E-state index contributed by atoms with van der Waals surface area (Å²) in [5.74, 6) is -3.26. The quantitative estimate of drug-likeness (QED) is 0.186. The van der Waals surface area contributed by atoms with E-state index in [2.05, 4.69) is 16.3 Å². The first kappa shape index (κ1) is 29.5. The molecule has 0 aliphatic heterocycles. The summed E-state index contributed by atoms with van der Waals surface area (Å²) in [6, 6.07) is 23.9. The van der Waals surface area contributed by atoms with Gasteiger partial charge in [0.25, 0.3) is 23.6 Å². The van der Waals surface area contributed by atoms with Crippen LogP contribution in [0, 0.1) is 0 Å². The Morgan fingerprint density at radius 1 is 0.488 bits per heavy atom. The van der Waals surface area contributed by atoms with E-state index < -0.39 is 23.6 Å². The zero-order valence-corrected chi connectivity index (χ0v) is 21.6. The van der Waals surface area contributed by atoms with E-state index in [1.54, 1.807) is 48.5 Å². The normalized spacial score (nSPS) is 9.88. The van der Waals surface area contributed by atoms with Crippen molar-refractivity contribution in [3.63, 3.8) is 0 Å². The van der Waals surface area contributed by atoms with Gasteiger partial charge in [-0.3, -0.25) is 40.5 Å². The van der Waals surface area contributed by atoms with E-state index in [1.807, 2.05) is 0 Å². The van der Waals surface area contributed by atoms with Gasteiger partial charge >= 0.3 is 0 Å². The molecule has 4 aromatic rings. The van der Waals surface area contributed by atoms with E-state index in [0.29, 0.717) is 0 Å². The number of phenols is 4. The molecule has 7 N–H and O–H groups in total. The summed E-state index contributed by atoms with van der Waals surface area (Å²) in [5, 5.41) is 39.1. The molecule has 12 heteroatoms. The van der Waals surface area contributed by atoms with Crippen molar-refractivity contribution < 1.29 is 39.6 Å². The summed E-state index contributed by atoms with van der Waals surface area (Å²) >= 11 is 0. The van der Waals surface area contributed by atoms with Gasteiger partial charge in [-0.1, -0.05) is 48.5 Å². The van der Waals surface area contributed by atoms with Gasteiger partial charge in [0.2, 0.25) is 0 Å². The Hall–Kier alpha value is -6.04. The Labute approximate surface area is 234 Å². The minimum Gasteiger partial charge on any atom is -0.507 e. The van der Waals surface area contributed by atoms with Crippen molar-refractivity contribution in [3.8, 4) is 23.0 Å². The average molecular weight is 559 g/mol. The smallest absolute Gasteiger partial charge is 0.275 e. The third-order valence-corrected chi connectivity index (χ3v) is 5.44. The molecule has 0 saturated heterocycles. The number of phenolic OH excluding ortho intramolecular Hbond substituents is 4. The Balaban J connectivity index is 0.000000226. The summed E-state index contributed by atoms with van der Waals surface area (Å²) in [6.45, 7) is 0. The van der Waals surface area contributed by atoms with E-state index in [9.17, 15) is 39.6 Å². The summed E-state index contributed by atoms with van der Waals surface area (Å²) in [7, 11) is 1.35. The monoisotopic (exact) mass is 558 g/mol. The van der Waals surface area contributed by atoms with E-state index in [-0.39, 0.29) is 45.3 Å². The lowest BCUT2D eigenvalue weighted by Gasteiger charge is -2.19. The van der Waals surface area contributed by atoms with E-state index in [0.717, 1.165) is 5.01 Å². The Bertz CT molecular complexity index is 1520. The number of carbonyl (C=O) groups is 4. The van der Waals surface area contributed by atoms with Crippen LogP contribution in [0.1, 0.15) is 41.4 Å². The number of para-hydroxylation sites is 4. The SMILES string of the molecule is CN(NC(=O)c1ccccc1O)C(=O)c1ccccc1O.O=C(NNC(=O)c1ccccc1O)c1ccccc1O. The molecule has 0 saturated carbocycles. The molecule has 41 heavy (non-hydrogen) atoms. The predicted molar refractivity (Wildman–Crippen MR) is 147 cm³/mol. The number of hydrogen-bond donors (Lipinski definition) is 7. The molecule has 0 aromatic heterocycles. The minimum atomic E-state index is -0.660. The van der Waals surface area contributed by atoms with Crippen molar-refractivity contribution in [1.29, 1.82) is 0 Å². The third-order valence-electron chi connectivity index (χ3n) is 5.44. The summed E-state index contributed by atoms with van der Waals surface area (Å²) in [6.07, 6.45) is 0. The third kappa shape index (κ3) is 7.74. The summed E-state index contributed by atoms with van der Waals surface area (Å²) in [5.41, 5.74) is 6.83. The molecule has 0 unspecified atom stereocenters. The molecule has 0 aliphatic carbocycles. The van der Waals surface area contributed by atoms with Crippen molar-refractivity contribution in [3.05, 3.63) is 119 Å². The molecule has 210 valence electrons. The predicted octanol–water partition coefficient (Wildman–Crippen LogP) is 2.69. The first-order valence-electron chi connectivity index (χ1n) is 11.9. The van der Waals surface area contributed by atoms with E-state index in [4.69, 9.17) is 0 Å². The Morgan fingerprint density at radius 2 is 0.780 bits per heavy atom. The second-order valence-electron chi connectivity index (χ2n) is 8.28. The average Bonchev–Trinajstić information content (AvgIpc) is 2.96. The van der Waals surface area contributed by atoms with Crippen molar-refractivity contribution in [2.24, 2.45) is 0 Å². The van der Waals surface area contributed by atoms with Crippen LogP contribution in [-0.4, -0.2) is 56.1 Å². The molecule has 12 nitrogen and oxygen atoms in total. The first-order valence-corrected chi connectivity index (χ1v) is 11.9. The maximum absolute atomic E-state index is 12.1. The molecular weight excluding hydrogens is 532 g/mol. The van der Waals surface area contributed by atoms with Crippen LogP contribution in [0.2, 0.25) is 0 Å². The lowest BCUT2D eigenvalue weighted by molar-refractivity contribution is 0.0632. The van der Waals surface area contributed by atoms with Crippen molar-refractivity contribution in [2.75, 3.05) is 7.05 Å². The molecule has 0 heterocycles. The highest BCUT2D eigenvalue weighted by atomic mass is 16.3. The highest BCUT2D eigenvalue weighted by molar-refractivity contribution is 6.02. The van der Waals surface area contributed by atoms with Crippen LogP contribution in [0.4, 0.5) is 0 Å². The van der Waals surface area contributed by atoms with Crippen LogP contribution >= 0.6 is 0 Å². The fraction of sp³-hybridized carbons (Fsp3) is 0.0345. The number of hydrazine groups is 2. The second-order valence-corrected chi connectivity index (χ2v) is 8.28. The first-order chi connectivity index (χ1) is 19.6. The molecule has 4 aromatic carbocycles. The number of hydrogen-bond acceptors (Lipinski definition) is 8. The van der Waals surface area contributed by atoms with Crippen LogP contribution in [0.3, 0.4) is 0 Å². The maximum Gasteiger partial charge on any atom is 0.275 e. The van der Waals surface area contributed by atoms with Crippen LogP contribution in [-0.2, 0) is 0 Å². The van der Waals surface area contributed by atoms with Gasteiger partial charge in [-0.25, -0.2) is 0 Å². The topological polar surface area (TPSA) is 189 Å². The van der Waals surface area contributed by atoms with Crippen molar-refractivity contribution in [1.82, 2.24) is 21.3 Å². The molecule has 0 fully saturated rings. The number of carbonyl (C=O) groups excluding carboxylic acids is 4. The number of rotatable bonds is 4. The molecule has 0 bridgehead atoms. The van der Waals surface area contributed by atoms with Gasteiger partial charge in [0.15, 0.2) is 0 Å². The van der Waals surface area contributed by atoms with Crippen LogP contribution in [0.25, 0.3) is 0 Å². The number of amides is 4. The van der Waals surface area contributed by atoms with Gasteiger partial charge < -0.3 is 20.4 Å². The highest BCUT2D eigenvalue weighted by Crippen LogP contribution is 2.19. The zero-order chi connectivity index (χ0) is 29.9. The van der Waals surface area contributed by atoms with Gasteiger partial charge in [0.05, 0.1) is 22.3 Å². The van der Waals surface area contributed by atoms with Gasteiger partial charge in [-0.2, -0.15) is 0 Å². The largest absolute Gasteiger partial charge is 0.507 e. The summed E-state index contributed by atoms with van der Waals surface area (Å²) in [4.78, 5) is 47.6. The highest BCUT2D eigenvalue weighted by Gasteiger charge is 2.19. The summed E-state index contributed by atoms with van der Waals surface area (Å²) < 4.78 is 0. The van der Waals surface area contributed by atoms with E-state index >= 15 is 0 Å². The maximum atomic E-state index is 12.1. The number of aromatic hydroxyl groups is 4. The van der Waals surface area contributed by atoms with Crippen molar-refractivity contribution >= 4 is 23.6 Å². The fourth-order valence-corrected chi connectivity index (χ4v) is 3.34.